The van der Waals surface area contributed by atoms with Crippen LogP contribution in [0, 0.1) is 18.3 Å². The Hall–Kier alpha value is -0.820. The van der Waals surface area contributed by atoms with Crippen LogP contribution >= 0.6 is 0 Å². The van der Waals surface area contributed by atoms with E-state index in [1.807, 2.05) is 0 Å². The molecule has 106 valence electrons. The monoisotopic (exact) mass is 259 g/mol. The number of rotatable bonds is 4. The number of hydrogen-bond acceptors (Lipinski definition) is 1. The molecule has 1 aromatic carbocycles. The summed E-state index contributed by atoms with van der Waals surface area (Å²) in [6.07, 6.45) is 4.05. The van der Waals surface area contributed by atoms with Gasteiger partial charge in [0.25, 0.3) is 0 Å². The van der Waals surface area contributed by atoms with Crippen molar-refractivity contribution in [1.82, 2.24) is 5.32 Å². The van der Waals surface area contributed by atoms with E-state index in [9.17, 15) is 0 Å². The molecule has 1 nitrogen and oxygen atoms in total. The quantitative estimate of drug-likeness (QED) is 0.838. The topological polar surface area (TPSA) is 12.0 Å². The molecule has 0 heterocycles. The zero-order valence-electron chi connectivity index (χ0n) is 13.0. The van der Waals surface area contributed by atoms with Crippen LogP contribution in [-0.2, 0) is 0 Å². The fourth-order valence-corrected chi connectivity index (χ4v) is 3.42. The molecule has 0 saturated heterocycles. The molecule has 19 heavy (non-hydrogen) atoms. The Balaban J connectivity index is 2.17. The van der Waals surface area contributed by atoms with Gasteiger partial charge < -0.3 is 5.32 Å². The summed E-state index contributed by atoms with van der Waals surface area (Å²) in [5, 5.41) is 3.56. The molecule has 2 unspecified atom stereocenters. The number of nitrogens with one attached hydrogen (secondary N) is 1. The van der Waals surface area contributed by atoms with Crippen LogP contribution in [0.4, 0.5) is 0 Å². The molecular formula is C18H29N. The maximum absolute atomic E-state index is 3.56. The van der Waals surface area contributed by atoms with Gasteiger partial charge in [0.2, 0.25) is 0 Å². The normalized spacial score (nSPS) is 26.3. The van der Waals surface area contributed by atoms with E-state index in [2.05, 4.69) is 57.3 Å². The first-order valence-corrected chi connectivity index (χ1v) is 7.79. The highest BCUT2D eigenvalue weighted by atomic mass is 14.8. The van der Waals surface area contributed by atoms with E-state index < -0.39 is 0 Å². The fourth-order valence-electron chi connectivity index (χ4n) is 3.42. The van der Waals surface area contributed by atoms with Crippen molar-refractivity contribution in [2.24, 2.45) is 11.3 Å². The third-order valence-electron chi connectivity index (χ3n) is 4.70. The van der Waals surface area contributed by atoms with Crippen molar-refractivity contribution in [2.75, 3.05) is 13.1 Å². The first kappa shape index (κ1) is 14.6. The van der Waals surface area contributed by atoms with Crippen LogP contribution in [0.25, 0.3) is 0 Å². The summed E-state index contributed by atoms with van der Waals surface area (Å²) in [5.41, 5.74) is 3.40. The van der Waals surface area contributed by atoms with Gasteiger partial charge in [0.05, 0.1) is 0 Å². The molecule has 1 aromatic rings. The summed E-state index contributed by atoms with van der Waals surface area (Å²) in [6, 6.07) is 9.23. The predicted molar refractivity (Wildman–Crippen MR) is 83.6 cm³/mol. The van der Waals surface area contributed by atoms with Crippen molar-refractivity contribution >= 4 is 0 Å². The molecule has 0 bridgehead atoms. The molecule has 0 spiro atoms. The second kappa shape index (κ2) is 6.09. The van der Waals surface area contributed by atoms with Crippen LogP contribution in [0.1, 0.15) is 57.1 Å². The van der Waals surface area contributed by atoms with E-state index in [1.54, 1.807) is 5.56 Å². The van der Waals surface area contributed by atoms with E-state index in [0.717, 1.165) is 18.4 Å². The summed E-state index contributed by atoms with van der Waals surface area (Å²) in [4.78, 5) is 0. The van der Waals surface area contributed by atoms with Gasteiger partial charge in [-0.2, -0.15) is 0 Å². The van der Waals surface area contributed by atoms with Gasteiger partial charge in [-0.05, 0) is 62.1 Å². The van der Waals surface area contributed by atoms with Crippen LogP contribution in [-0.4, -0.2) is 13.1 Å². The van der Waals surface area contributed by atoms with Crippen LogP contribution in [0.2, 0.25) is 0 Å². The van der Waals surface area contributed by atoms with E-state index in [0.29, 0.717) is 5.41 Å². The maximum atomic E-state index is 3.56. The number of aryl methyl sites for hydroxylation is 1. The lowest BCUT2D eigenvalue weighted by atomic mass is 9.65. The SMILES string of the molecule is CCNCC1CCC(C)(C)CC1c1ccc(C)cc1. The summed E-state index contributed by atoms with van der Waals surface area (Å²) in [7, 11) is 0. The van der Waals surface area contributed by atoms with Crippen molar-refractivity contribution in [1.29, 1.82) is 0 Å². The third-order valence-corrected chi connectivity index (χ3v) is 4.70. The molecule has 1 fully saturated rings. The first-order valence-electron chi connectivity index (χ1n) is 7.79. The third kappa shape index (κ3) is 3.82. The Morgan fingerprint density at radius 1 is 1.21 bits per heavy atom. The summed E-state index contributed by atoms with van der Waals surface area (Å²) in [5.74, 6) is 1.53. The van der Waals surface area contributed by atoms with Gasteiger partial charge >= 0.3 is 0 Å². The van der Waals surface area contributed by atoms with Crippen molar-refractivity contribution in [3.05, 3.63) is 35.4 Å². The van der Waals surface area contributed by atoms with Gasteiger partial charge in [0.15, 0.2) is 0 Å². The summed E-state index contributed by atoms with van der Waals surface area (Å²) in [6.45, 7) is 11.5. The van der Waals surface area contributed by atoms with Gasteiger partial charge in [-0.25, -0.2) is 0 Å². The molecule has 0 aliphatic heterocycles. The lowest BCUT2D eigenvalue weighted by molar-refractivity contribution is 0.160. The zero-order chi connectivity index (χ0) is 13.9. The molecule has 1 heteroatoms. The highest BCUT2D eigenvalue weighted by Gasteiger charge is 2.35. The highest BCUT2D eigenvalue weighted by Crippen LogP contribution is 2.46. The standard InChI is InChI=1S/C18H29N/c1-5-19-13-16-10-11-18(3,4)12-17(16)15-8-6-14(2)7-9-15/h6-9,16-17,19H,5,10-13H2,1-4H3. The van der Waals surface area contributed by atoms with Crippen LogP contribution < -0.4 is 5.32 Å². The molecule has 1 N–H and O–H groups in total. The van der Waals surface area contributed by atoms with E-state index in [1.165, 1.54) is 31.4 Å². The molecule has 2 atom stereocenters. The average molecular weight is 259 g/mol. The van der Waals surface area contributed by atoms with Gasteiger partial charge in [0, 0.05) is 0 Å². The second-order valence-corrected chi connectivity index (χ2v) is 6.99. The van der Waals surface area contributed by atoms with E-state index >= 15 is 0 Å². The molecule has 0 aromatic heterocycles. The van der Waals surface area contributed by atoms with Crippen LogP contribution in [0.5, 0.6) is 0 Å². The average Bonchev–Trinajstić information content (AvgIpc) is 2.37. The Bertz CT molecular complexity index is 391. The maximum Gasteiger partial charge on any atom is -0.00148 e. The minimum Gasteiger partial charge on any atom is -0.317 e. The number of benzene rings is 1. The van der Waals surface area contributed by atoms with Crippen LogP contribution in [0.3, 0.4) is 0 Å². The lowest BCUT2D eigenvalue weighted by Crippen LogP contribution is -2.34. The Morgan fingerprint density at radius 3 is 2.53 bits per heavy atom. The van der Waals surface area contributed by atoms with E-state index in [-0.39, 0.29) is 0 Å². The molecule has 1 saturated carbocycles. The van der Waals surface area contributed by atoms with Crippen molar-refractivity contribution in [3.63, 3.8) is 0 Å². The highest BCUT2D eigenvalue weighted by molar-refractivity contribution is 5.26. The molecule has 0 amide bonds. The van der Waals surface area contributed by atoms with Gasteiger partial charge in [-0.15, -0.1) is 0 Å². The van der Waals surface area contributed by atoms with Crippen molar-refractivity contribution < 1.29 is 0 Å². The Kier molecular flexibility index (Phi) is 4.67. The Morgan fingerprint density at radius 2 is 1.89 bits per heavy atom. The summed E-state index contributed by atoms with van der Waals surface area (Å²) < 4.78 is 0. The van der Waals surface area contributed by atoms with Crippen molar-refractivity contribution in [3.8, 4) is 0 Å². The lowest BCUT2D eigenvalue weighted by Gasteiger charge is -2.41. The van der Waals surface area contributed by atoms with Gasteiger partial charge in [-0.3, -0.25) is 0 Å². The molecule has 1 aliphatic rings. The molecule has 0 radical (unpaired) electrons. The minimum atomic E-state index is 0.498. The zero-order valence-corrected chi connectivity index (χ0v) is 13.0. The largest absolute Gasteiger partial charge is 0.317 e. The smallest absolute Gasteiger partial charge is 0.00148 e. The summed E-state index contributed by atoms with van der Waals surface area (Å²) >= 11 is 0. The van der Waals surface area contributed by atoms with Gasteiger partial charge in [0.1, 0.15) is 0 Å². The predicted octanol–water partition coefficient (Wildman–Crippen LogP) is 4.51. The van der Waals surface area contributed by atoms with Gasteiger partial charge in [-0.1, -0.05) is 50.6 Å². The molecule has 2 rings (SSSR count). The Labute approximate surface area is 118 Å². The second-order valence-electron chi connectivity index (χ2n) is 6.99. The van der Waals surface area contributed by atoms with Crippen molar-refractivity contribution in [2.45, 2.75) is 52.9 Å². The van der Waals surface area contributed by atoms with E-state index in [4.69, 9.17) is 0 Å². The fraction of sp³-hybridized carbons (Fsp3) is 0.667. The molecule has 1 aliphatic carbocycles. The molecular weight excluding hydrogens is 230 g/mol. The first-order chi connectivity index (χ1) is 9.02. The van der Waals surface area contributed by atoms with Crippen LogP contribution in [0.15, 0.2) is 24.3 Å². The minimum absolute atomic E-state index is 0.498. The number of hydrogen-bond donors (Lipinski definition) is 1.